The second-order valence-corrected chi connectivity index (χ2v) is 9.12. The number of alkyl halides is 2. The second-order valence-electron chi connectivity index (χ2n) is 9.12. The Labute approximate surface area is 185 Å². The van der Waals surface area contributed by atoms with Crippen LogP contribution in [0.4, 0.5) is 8.78 Å². The molecule has 1 fully saturated rings. The number of ketones is 2. The van der Waals surface area contributed by atoms with Crippen LogP contribution in [0.5, 0.6) is 0 Å². The van der Waals surface area contributed by atoms with Gasteiger partial charge in [-0.15, -0.1) is 0 Å². The summed E-state index contributed by atoms with van der Waals surface area (Å²) < 4.78 is 33.1. The number of carbonyl (C=O) groups excluding carboxylic acids is 3. The molecule has 1 N–H and O–H groups in total. The van der Waals surface area contributed by atoms with E-state index in [1.165, 1.54) is 0 Å². The molecule has 5 nitrogen and oxygen atoms in total. The molecule has 1 aliphatic rings. The number of rotatable bonds is 16. The van der Waals surface area contributed by atoms with Crippen LogP contribution >= 0.6 is 0 Å². The lowest BCUT2D eigenvalue weighted by atomic mass is 9.85. The van der Waals surface area contributed by atoms with Gasteiger partial charge >= 0.3 is 11.9 Å². The Hall–Kier alpha value is -1.37. The summed E-state index contributed by atoms with van der Waals surface area (Å²) in [4.78, 5) is 35.8. The van der Waals surface area contributed by atoms with Crippen LogP contribution in [-0.2, 0) is 19.1 Å². The normalized spacial score (nSPS) is 21.6. The number of esters is 1. The molecule has 1 aliphatic carbocycles. The molecule has 0 unspecified atom stereocenters. The van der Waals surface area contributed by atoms with Crippen molar-refractivity contribution >= 4 is 17.5 Å². The molecule has 0 saturated heterocycles. The maximum atomic E-state index is 14.0. The molecule has 0 bridgehead atoms. The smallest absolute Gasteiger partial charge is 0.306 e. The van der Waals surface area contributed by atoms with Crippen molar-refractivity contribution in [3.63, 3.8) is 0 Å². The number of hydrogen-bond acceptors (Lipinski definition) is 5. The molecule has 0 aromatic heterocycles. The first-order valence-corrected chi connectivity index (χ1v) is 11.9. The topological polar surface area (TPSA) is 80.7 Å². The van der Waals surface area contributed by atoms with Crippen LogP contribution < -0.4 is 0 Å². The highest BCUT2D eigenvalue weighted by atomic mass is 19.3. The van der Waals surface area contributed by atoms with Crippen molar-refractivity contribution in [2.45, 2.75) is 122 Å². The van der Waals surface area contributed by atoms with Gasteiger partial charge in [-0.2, -0.15) is 8.78 Å². The minimum Gasteiger partial charge on any atom is -0.463 e. The maximum absolute atomic E-state index is 14.0. The summed E-state index contributed by atoms with van der Waals surface area (Å²) in [6, 6.07) is 0. The molecule has 0 aliphatic heterocycles. The zero-order valence-corrected chi connectivity index (χ0v) is 19.3. The second kappa shape index (κ2) is 13.9. The molecule has 31 heavy (non-hydrogen) atoms. The molecule has 1 rings (SSSR count). The van der Waals surface area contributed by atoms with E-state index in [4.69, 9.17) is 4.74 Å². The van der Waals surface area contributed by atoms with E-state index in [1.807, 2.05) is 20.8 Å². The van der Waals surface area contributed by atoms with Crippen molar-refractivity contribution in [2.24, 2.45) is 11.8 Å². The maximum Gasteiger partial charge on any atom is 0.306 e. The Balaban J connectivity index is 2.39. The van der Waals surface area contributed by atoms with Crippen LogP contribution in [0.2, 0.25) is 0 Å². The summed E-state index contributed by atoms with van der Waals surface area (Å²) in [6.45, 7) is 5.53. The van der Waals surface area contributed by atoms with E-state index in [9.17, 15) is 28.3 Å². The Morgan fingerprint density at radius 1 is 1.06 bits per heavy atom. The number of unbranched alkanes of at least 4 members (excludes halogenated alkanes) is 5. The third-order valence-corrected chi connectivity index (χ3v) is 6.06. The van der Waals surface area contributed by atoms with Gasteiger partial charge < -0.3 is 9.84 Å². The molecule has 1 saturated carbocycles. The third-order valence-electron chi connectivity index (χ3n) is 6.06. The van der Waals surface area contributed by atoms with Gasteiger partial charge in [0.1, 0.15) is 5.78 Å². The SMILES string of the molecule is CCCCCC(F)(F)C(=O)CC[C@H]1[C@H](O)CC(=O)[C@@H]1CCCCCCC(=O)OC(C)C. The fraction of sp³-hybridized carbons (Fsp3) is 0.875. The van der Waals surface area contributed by atoms with Gasteiger partial charge in [0.2, 0.25) is 5.78 Å². The summed E-state index contributed by atoms with van der Waals surface area (Å²) in [6.07, 6.45) is 4.37. The van der Waals surface area contributed by atoms with Crippen molar-refractivity contribution in [1.82, 2.24) is 0 Å². The molecule has 180 valence electrons. The predicted octanol–water partition coefficient (Wildman–Crippen LogP) is 5.41. The van der Waals surface area contributed by atoms with Crippen LogP contribution in [0, 0.1) is 11.8 Å². The predicted molar refractivity (Wildman–Crippen MR) is 115 cm³/mol. The zero-order valence-electron chi connectivity index (χ0n) is 19.3. The van der Waals surface area contributed by atoms with E-state index in [2.05, 4.69) is 0 Å². The summed E-state index contributed by atoms with van der Waals surface area (Å²) in [5.74, 6) is -5.46. The van der Waals surface area contributed by atoms with Crippen LogP contribution in [-0.4, -0.2) is 40.8 Å². The molecular formula is C24H40F2O5. The first kappa shape index (κ1) is 27.7. The molecular weight excluding hydrogens is 406 g/mol. The summed E-state index contributed by atoms with van der Waals surface area (Å²) in [5.41, 5.74) is 0. The number of halogens is 2. The van der Waals surface area contributed by atoms with Crippen molar-refractivity contribution < 1.29 is 33.0 Å². The van der Waals surface area contributed by atoms with Gasteiger partial charge in [0, 0.05) is 31.6 Å². The summed E-state index contributed by atoms with van der Waals surface area (Å²) >= 11 is 0. The number of hydrogen-bond donors (Lipinski definition) is 1. The Bertz CT molecular complexity index is 576. The van der Waals surface area contributed by atoms with E-state index >= 15 is 0 Å². The molecule has 0 aromatic rings. The highest BCUT2D eigenvalue weighted by Gasteiger charge is 2.43. The fourth-order valence-electron chi connectivity index (χ4n) is 4.31. The average molecular weight is 447 g/mol. The Morgan fingerprint density at radius 3 is 2.39 bits per heavy atom. The van der Waals surface area contributed by atoms with Crippen molar-refractivity contribution in [1.29, 1.82) is 0 Å². The third kappa shape index (κ3) is 10.2. The van der Waals surface area contributed by atoms with E-state index in [1.54, 1.807) is 0 Å². The summed E-state index contributed by atoms with van der Waals surface area (Å²) in [5, 5.41) is 10.2. The van der Waals surface area contributed by atoms with Crippen LogP contribution in [0.3, 0.4) is 0 Å². The minimum absolute atomic E-state index is 0.0391. The van der Waals surface area contributed by atoms with E-state index in [0.717, 1.165) is 32.1 Å². The number of Topliss-reactive ketones (excluding diaryl/α,β-unsaturated/α-hetero) is 2. The van der Waals surface area contributed by atoms with Crippen LogP contribution in [0.15, 0.2) is 0 Å². The molecule has 7 heteroatoms. The lowest BCUT2D eigenvalue weighted by molar-refractivity contribution is -0.147. The lowest BCUT2D eigenvalue weighted by Crippen LogP contribution is -2.30. The van der Waals surface area contributed by atoms with Crippen molar-refractivity contribution in [2.75, 3.05) is 0 Å². The molecule has 0 heterocycles. The van der Waals surface area contributed by atoms with Crippen molar-refractivity contribution in [3.8, 4) is 0 Å². The largest absolute Gasteiger partial charge is 0.463 e. The molecule has 0 radical (unpaired) electrons. The van der Waals surface area contributed by atoms with Crippen LogP contribution in [0.25, 0.3) is 0 Å². The van der Waals surface area contributed by atoms with Crippen molar-refractivity contribution in [3.05, 3.63) is 0 Å². The van der Waals surface area contributed by atoms with E-state index in [-0.39, 0.29) is 43.0 Å². The Morgan fingerprint density at radius 2 is 1.74 bits per heavy atom. The highest BCUT2D eigenvalue weighted by Crippen LogP contribution is 2.37. The standard InChI is InChI=1S/C24H40F2O5/c1-4-5-10-15-24(25,26)22(29)14-13-19-18(20(27)16-21(19)28)11-8-6-7-9-12-23(30)31-17(2)3/h17-19,21,28H,4-16H2,1-3H3/t18-,19-,21-/m1/s1. The zero-order chi connectivity index (χ0) is 23.4. The van der Waals surface area contributed by atoms with Gasteiger partial charge in [-0.05, 0) is 45.4 Å². The lowest BCUT2D eigenvalue weighted by Gasteiger charge is -2.22. The number of aliphatic hydroxyl groups excluding tert-OH is 1. The first-order valence-electron chi connectivity index (χ1n) is 11.9. The molecule has 3 atom stereocenters. The van der Waals surface area contributed by atoms with E-state index in [0.29, 0.717) is 25.7 Å². The van der Waals surface area contributed by atoms with Gasteiger partial charge in [0.25, 0.3) is 0 Å². The number of carbonyl (C=O) groups is 3. The molecule has 0 aromatic carbocycles. The number of ether oxygens (including phenoxy) is 1. The van der Waals surface area contributed by atoms with Gasteiger partial charge in [0.15, 0.2) is 0 Å². The quantitative estimate of drug-likeness (QED) is 0.253. The van der Waals surface area contributed by atoms with Gasteiger partial charge in [-0.3, -0.25) is 14.4 Å². The Kier molecular flexibility index (Phi) is 12.4. The van der Waals surface area contributed by atoms with Crippen LogP contribution in [0.1, 0.15) is 104 Å². The first-order chi connectivity index (χ1) is 14.6. The summed E-state index contributed by atoms with van der Waals surface area (Å²) in [7, 11) is 0. The molecule has 0 amide bonds. The van der Waals surface area contributed by atoms with Gasteiger partial charge in [-0.25, -0.2) is 0 Å². The van der Waals surface area contributed by atoms with Gasteiger partial charge in [0.05, 0.1) is 12.2 Å². The molecule has 0 spiro atoms. The monoisotopic (exact) mass is 446 g/mol. The minimum atomic E-state index is -3.32. The highest BCUT2D eigenvalue weighted by molar-refractivity contribution is 5.86. The van der Waals surface area contributed by atoms with Gasteiger partial charge in [-0.1, -0.05) is 39.0 Å². The van der Waals surface area contributed by atoms with E-state index < -0.39 is 30.1 Å². The fourth-order valence-corrected chi connectivity index (χ4v) is 4.31. The average Bonchev–Trinajstić information content (AvgIpc) is 2.94. The number of aliphatic hydroxyl groups is 1.